The number of ether oxygens (including phenoxy) is 1. The van der Waals surface area contributed by atoms with Crippen LogP contribution in [0.2, 0.25) is 0 Å². The van der Waals surface area contributed by atoms with Gasteiger partial charge in [0.25, 0.3) is 5.91 Å². The van der Waals surface area contributed by atoms with E-state index in [0.29, 0.717) is 5.75 Å². The molecule has 0 aliphatic carbocycles. The van der Waals surface area contributed by atoms with Crippen LogP contribution < -0.4 is 10.2 Å². The highest BCUT2D eigenvalue weighted by atomic mass is 16.5. The summed E-state index contributed by atoms with van der Waals surface area (Å²) in [6, 6.07) is 23.1. The lowest BCUT2D eigenvalue weighted by atomic mass is 10.2. The number of amides is 1. The number of aromatic hydroxyl groups is 1. The second-order valence-corrected chi connectivity index (χ2v) is 5.20. The smallest absolute Gasteiger partial charge is 0.275 e. The van der Waals surface area contributed by atoms with Gasteiger partial charge in [-0.05, 0) is 54.1 Å². The van der Waals surface area contributed by atoms with Crippen molar-refractivity contribution in [3.05, 3.63) is 90.0 Å². The Hall–Kier alpha value is -3.60. The summed E-state index contributed by atoms with van der Waals surface area (Å²) >= 11 is 0. The molecule has 0 aliphatic heterocycles. The molecule has 5 heteroatoms. The highest BCUT2D eigenvalue weighted by Gasteiger charge is 2.08. The van der Waals surface area contributed by atoms with Crippen LogP contribution in [0.4, 0.5) is 0 Å². The molecular weight excluding hydrogens is 316 g/mol. The van der Waals surface area contributed by atoms with E-state index >= 15 is 0 Å². The summed E-state index contributed by atoms with van der Waals surface area (Å²) in [6.45, 7) is 0. The van der Waals surface area contributed by atoms with E-state index in [1.165, 1.54) is 18.3 Å². The summed E-state index contributed by atoms with van der Waals surface area (Å²) in [6.07, 6.45) is 1.52. The van der Waals surface area contributed by atoms with Gasteiger partial charge in [0.15, 0.2) is 0 Å². The van der Waals surface area contributed by atoms with Crippen LogP contribution in [0, 0.1) is 0 Å². The highest BCUT2D eigenvalue weighted by Crippen LogP contribution is 2.20. The number of hydrogen-bond acceptors (Lipinski definition) is 4. The van der Waals surface area contributed by atoms with Gasteiger partial charge in [0.1, 0.15) is 17.2 Å². The predicted molar refractivity (Wildman–Crippen MR) is 96.1 cm³/mol. The van der Waals surface area contributed by atoms with Crippen molar-refractivity contribution in [1.29, 1.82) is 0 Å². The first-order valence-corrected chi connectivity index (χ1v) is 7.67. The summed E-state index contributed by atoms with van der Waals surface area (Å²) in [5.41, 5.74) is 3.36. The summed E-state index contributed by atoms with van der Waals surface area (Å²) in [5, 5.41) is 13.5. The average Bonchev–Trinajstić information content (AvgIpc) is 2.64. The van der Waals surface area contributed by atoms with Crippen LogP contribution in [-0.2, 0) is 0 Å². The van der Waals surface area contributed by atoms with Crippen molar-refractivity contribution < 1.29 is 14.6 Å². The Morgan fingerprint density at radius 1 is 0.880 bits per heavy atom. The fraction of sp³-hybridized carbons (Fsp3) is 0. The van der Waals surface area contributed by atoms with Gasteiger partial charge in [-0.25, -0.2) is 5.43 Å². The predicted octanol–water partition coefficient (Wildman–Crippen LogP) is 3.95. The third-order valence-electron chi connectivity index (χ3n) is 3.39. The molecule has 0 aromatic heterocycles. The van der Waals surface area contributed by atoms with Gasteiger partial charge in [0, 0.05) is 0 Å². The first-order chi connectivity index (χ1) is 12.2. The van der Waals surface area contributed by atoms with Crippen molar-refractivity contribution in [2.24, 2.45) is 5.10 Å². The first kappa shape index (κ1) is 16.3. The van der Waals surface area contributed by atoms with Gasteiger partial charge in [-0.1, -0.05) is 30.3 Å². The molecule has 2 N–H and O–H groups in total. The van der Waals surface area contributed by atoms with Crippen LogP contribution in [0.1, 0.15) is 15.9 Å². The quantitative estimate of drug-likeness (QED) is 0.549. The van der Waals surface area contributed by atoms with Crippen LogP contribution in [0.5, 0.6) is 17.2 Å². The Bertz CT molecular complexity index is 875. The molecule has 1 amide bonds. The van der Waals surface area contributed by atoms with Gasteiger partial charge in [-0.3, -0.25) is 4.79 Å². The lowest BCUT2D eigenvalue weighted by Crippen LogP contribution is -2.17. The van der Waals surface area contributed by atoms with Crippen molar-refractivity contribution in [2.75, 3.05) is 0 Å². The largest absolute Gasteiger partial charge is 0.507 e. The summed E-state index contributed by atoms with van der Waals surface area (Å²) in [5.74, 6) is 0.913. The van der Waals surface area contributed by atoms with E-state index in [1.54, 1.807) is 12.1 Å². The average molecular weight is 332 g/mol. The molecule has 0 fully saturated rings. The van der Waals surface area contributed by atoms with E-state index in [9.17, 15) is 9.90 Å². The van der Waals surface area contributed by atoms with E-state index in [2.05, 4.69) is 10.5 Å². The Labute approximate surface area is 145 Å². The molecule has 3 aromatic carbocycles. The molecule has 0 heterocycles. The third-order valence-corrected chi connectivity index (χ3v) is 3.39. The zero-order valence-electron chi connectivity index (χ0n) is 13.3. The number of hydrazone groups is 1. The van der Waals surface area contributed by atoms with Gasteiger partial charge < -0.3 is 9.84 Å². The van der Waals surface area contributed by atoms with Crippen LogP contribution in [-0.4, -0.2) is 17.2 Å². The van der Waals surface area contributed by atoms with Crippen molar-refractivity contribution in [3.63, 3.8) is 0 Å². The molecule has 0 radical (unpaired) electrons. The van der Waals surface area contributed by atoms with Crippen LogP contribution >= 0.6 is 0 Å². The molecular formula is C20H16N2O3. The summed E-state index contributed by atoms with van der Waals surface area (Å²) < 4.78 is 5.71. The van der Waals surface area contributed by atoms with E-state index in [4.69, 9.17) is 4.74 Å². The molecule has 0 saturated heterocycles. The number of nitrogens with one attached hydrogen (secondary N) is 1. The molecule has 124 valence electrons. The van der Waals surface area contributed by atoms with E-state index in [1.807, 2.05) is 54.6 Å². The Balaban J connectivity index is 1.59. The van der Waals surface area contributed by atoms with E-state index in [0.717, 1.165) is 11.3 Å². The monoisotopic (exact) mass is 332 g/mol. The minimum absolute atomic E-state index is 0.0855. The second-order valence-electron chi connectivity index (χ2n) is 5.20. The number of carbonyl (C=O) groups excluding carboxylic acids is 1. The number of hydrogen-bond donors (Lipinski definition) is 2. The fourth-order valence-corrected chi connectivity index (χ4v) is 2.14. The van der Waals surface area contributed by atoms with Crippen LogP contribution in [0.3, 0.4) is 0 Å². The van der Waals surface area contributed by atoms with Crippen molar-refractivity contribution >= 4 is 12.1 Å². The van der Waals surface area contributed by atoms with Crippen LogP contribution in [0.15, 0.2) is 84.0 Å². The second kappa shape index (κ2) is 7.79. The number of benzene rings is 3. The summed E-state index contributed by atoms with van der Waals surface area (Å²) in [7, 11) is 0. The van der Waals surface area contributed by atoms with E-state index < -0.39 is 5.91 Å². The van der Waals surface area contributed by atoms with Crippen molar-refractivity contribution in [3.8, 4) is 17.2 Å². The maximum atomic E-state index is 11.9. The van der Waals surface area contributed by atoms with Crippen LogP contribution in [0.25, 0.3) is 0 Å². The van der Waals surface area contributed by atoms with Crippen molar-refractivity contribution in [1.82, 2.24) is 5.43 Å². The Morgan fingerprint density at radius 3 is 2.24 bits per heavy atom. The molecule has 0 spiro atoms. The Kier molecular flexibility index (Phi) is 5.07. The highest BCUT2D eigenvalue weighted by molar-refractivity contribution is 5.97. The minimum Gasteiger partial charge on any atom is -0.507 e. The standard InChI is InChI=1S/C20H16N2O3/c23-19-9-5-4-8-18(19)20(24)22-21-14-15-10-12-17(13-11-15)25-16-6-2-1-3-7-16/h1-14,23H,(H,22,24)/b21-14+. The molecule has 0 atom stereocenters. The molecule has 0 aliphatic rings. The van der Waals surface area contributed by atoms with Gasteiger partial charge in [0.2, 0.25) is 0 Å². The minimum atomic E-state index is -0.474. The molecule has 3 rings (SSSR count). The van der Waals surface area contributed by atoms with E-state index in [-0.39, 0.29) is 11.3 Å². The lowest BCUT2D eigenvalue weighted by Gasteiger charge is -2.05. The molecule has 3 aromatic rings. The summed E-state index contributed by atoms with van der Waals surface area (Å²) in [4.78, 5) is 11.9. The third kappa shape index (κ3) is 4.45. The number of nitrogens with zero attached hydrogens (tertiary/aromatic N) is 1. The van der Waals surface area contributed by atoms with Gasteiger partial charge in [-0.15, -0.1) is 0 Å². The number of rotatable bonds is 5. The van der Waals surface area contributed by atoms with Crippen molar-refractivity contribution in [2.45, 2.75) is 0 Å². The molecule has 0 saturated carbocycles. The molecule has 25 heavy (non-hydrogen) atoms. The zero-order valence-corrected chi connectivity index (χ0v) is 13.3. The topological polar surface area (TPSA) is 70.9 Å². The maximum Gasteiger partial charge on any atom is 0.275 e. The number of carbonyl (C=O) groups is 1. The molecule has 5 nitrogen and oxygen atoms in total. The van der Waals surface area contributed by atoms with Gasteiger partial charge >= 0.3 is 0 Å². The van der Waals surface area contributed by atoms with Gasteiger partial charge in [-0.2, -0.15) is 5.10 Å². The Morgan fingerprint density at radius 2 is 1.52 bits per heavy atom. The molecule has 0 bridgehead atoms. The fourth-order valence-electron chi connectivity index (χ4n) is 2.14. The van der Waals surface area contributed by atoms with Gasteiger partial charge in [0.05, 0.1) is 11.8 Å². The first-order valence-electron chi connectivity index (χ1n) is 7.67. The number of phenols is 1. The molecule has 0 unspecified atom stereocenters. The normalized spacial score (nSPS) is 10.6. The lowest BCUT2D eigenvalue weighted by molar-refractivity contribution is 0.0952. The maximum absolute atomic E-state index is 11.9. The zero-order chi connectivity index (χ0) is 17.5. The SMILES string of the molecule is O=C(N/N=C/c1ccc(Oc2ccccc2)cc1)c1ccccc1O. The number of para-hydroxylation sites is 2. The number of phenolic OH excluding ortho intramolecular Hbond substituents is 1.